The van der Waals surface area contributed by atoms with Crippen molar-refractivity contribution in [2.75, 3.05) is 12.9 Å². The van der Waals surface area contributed by atoms with E-state index in [4.69, 9.17) is 4.18 Å². The summed E-state index contributed by atoms with van der Waals surface area (Å²) in [7, 11) is -3.25. The van der Waals surface area contributed by atoms with Crippen molar-refractivity contribution in [2.45, 2.75) is 39.5 Å². The Bertz CT molecular complexity index is 209. The normalized spacial score (nSPS) is 14.4. The van der Waals surface area contributed by atoms with Crippen LogP contribution in [0.1, 0.15) is 39.5 Å². The van der Waals surface area contributed by atoms with Crippen LogP contribution in [0.2, 0.25) is 0 Å². The summed E-state index contributed by atoms with van der Waals surface area (Å²) in [6, 6.07) is 0. The molecule has 0 aromatic heterocycles. The zero-order chi connectivity index (χ0) is 10.3. The molecule has 0 amide bonds. The van der Waals surface area contributed by atoms with Crippen LogP contribution in [-0.4, -0.2) is 21.3 Å². The molecular formula is C9H20O3S. The van der Waals surface area contributed by atoms with Gasteiger partial charge in [0.2, 0.25) is 0 Å². The maximum absolute atomic E-state index is 10.7. The van der Waals surface area contributed by atoms with E-state index in [1.54, 1.807) is 0 Å². The van der Waals surface area contributed by atoms with Gasteiger partial charge < -0.3 is 0 Å². The first-order chi connectivity index (χ1) is 5.99. The Labute approximate surface area is 81.6 Å². The van der Waals surface area contributed by atoms with Crippen LogP contribution in [0.25, 0.3) is 0 Å². The third-order valence-corrected chi connectivity index (χ3v) is 2.63. The van der Waals surface area contributed by atoms with Gasteiger partial charge in [0.25, 0.3) is 10.1 Å². The minimum atomic E-state index is -3.25. The summed E-state index contributed by atoms with van der Waals surface area (Å²) < 4.78 is 26.2. The van der Waals surface area contributed by atoms with Crippen LogP contribution >= 0.6 is 0 Å². The van der Waals surface area contributed by atoms with E-state index in [1.165, 1.54) is 0 Å². The van der Waals surface area contributed by atoms with E-state index in [-0.39, 0.29) is 0 Å². The van der Waals surface area contributed by atoms with Crippen molar-refractivity contribution in [2.24, 2.45) is 5.92 Å². The number of unbranched alkanes of at least 4 members (excludes halogenated alkanes) is 1. The van der Waals surface area contributed by atoms with Crippen LogP contribution < -0.4 is 0 Å². The number of hydrogen-bond donors (Lipinski definition) is 0. The summed E-state index contributed by atoms with van der Waals surface area (Å²) >= 11 is 0. The SMILES string of the molecule is CCCCC(CC)COS(C)(=O)=O. The zero-order valence-electron chi connectivity index (χ0n) is 8.75. The summed E-state index contributed by atoms with van der Waals surface area (Å²) in [6.07, 6.45) is 5.43. The minimum Gasteiger partial charge on any atom is -0.270 e. The van der Waals surface area contributed by atoms with E-state index in [0.29, 0.717) is 12.5 Å². The number of rotatable bonds is 7. The Morgan fingerprint density at radius 2 is 1.92 bits per heavy atom. The molecule has 0 N–H and O–H groups in total. The zero-order valence-corrected chi connectivity index (χ0v) is 9.56. The predicted molar refractivity (Wildman–Crippen MR) is 54.1 cm³/mol. The molecule has 1 atom stereocenters. The highest BCUT2D eigenvalue weighted by atomic mass is 32.2. The van der Waals surface area contributed by atoms with Crippen LogP contribution in [0.5, 0.6) is 0 Å². The lowest BCUT2D eigenvalue weighted by Crippen LogP contribution is -2.12. The Kier molecular flexibility index (Phi) is 6.33. The Balaban J connectivity index is 3.72. The average molecular weight is 208 g/mol. The molecule has 4 heteroatoms. The van der Waals surface area contributed by atoms with Crippen LogP contribution in [0.15, 0.2) is 0 Å². The van der Waals surface area contributed by atoms with Gasteiger partial charge in [-0.15, -0.1) is 0 Å². The van der Waals surface area contributed by atoms with Crippen molar-refractivity contribution in [3.05, 3.63) is 0 Å². The molecule has 0 radical (unpaired) electrons. The molecule has 0 aromatic rings. The van der Waals surface area contributed by atoms with Gasteiger partial charge in [-0.3, -0.25) is 4.18 Å². The van der Waals surface area contributed by atoms with E-state index in [0.717, 1.165) is 31.9 Å². The average Bonchev–Trinajstić information content (AvgIpc) is 2.03. The summed E-state index contributed by atoms with van der Waals surface area (Å²) in [5.74, 6) is 0.384. The van der Waals surface area contributed by atoms with E-state index >= 15 is 0 Å². The van der Waals surface area contributed by atoms with E-state index in [1.807, 2.05) is 0 Å². The smallest absolute Gasteiger partial charge is 0.264 e. The van der Waals surface area contributed by atoms with E-state index in [9.17, 15) is 8.42 Å². The standard InChI is InChI=1S/C9H20O3S/c1-4-6-7-9(5-2)8-12-13(3,10)11/h9H,4-8H2,1-3H3. The summed E-state index contributed by atoms with van der Waals surface area (Å²) in [4.78, 5) is 0. The summed E-state index contributed by atoms with van der Waals surface area (Å²) in [5.41, 5.74) is 0. The van der Waals surface area contributed by atoms with Crippen molar-refractivity contribution >= 4 is 10.1 Å². The Morgan fingerprint density at radius 1 is 1.31 bits per heavy atom. The van der Waals surface area contributed by atoms with Gasteiger partial charge >= 0.3 is 0 Å². The first kappa shape index (κ1) is 12.9. The third-order valence-electron chi connectivity index (χ3n) is 2.06. The van der Waals surface area contributed by atoms with Gasteiger partial charge in [0.1, 0.15) is 0 Å². The van der Waals surface area contributed by atoms with Crippen molar-refractivity contribution in [3.63, 3.8) is 0 Å². The van der Waals surface area contributed by atoms with Crippen LogP contribution in [0.3, 0.4) is 0 Å². The fourth-order valence-electron chi connectivity index (χ4n) is 1.12. The Hall–Kier alpha value is -0.0900. The fraction of sp³-hybridized carbons (Fsp3) is 1.00. The molecule has 0 rings (SSSR count). The van der Waals surface area contributed by atoms with Gasteiger partial charge in [-0.1, -0.05) is 33.1 Å². The molecule has 0 aliphatic rings. The quantitative estimate of drug-likeness (QED) is 0.602. The number of hydrogen-bond acceptors (Lipinski definition) is 3. The summed E-state index contributed by atoms with van der Waals surface area (Å²) in [6.45, 7) is 4.53. The van der Waals surface area contributed by atoms with E-state index in [2.05, 4.69) is 13.8 Å². The van der Waals surface area contributed by atoms with Gasteiger partial charge in [-0.25, -0.2) is 0 Å². The topological polar surface area (TPSA) is 43.4 Å². The molecule has 0 spiro atoms. The highest BCUT2D eigenvalue weighted by Gasteiger charge is 2.09. The molecule has 0 aromatic carbocycles. The first-order valence-corrected chi connectivity index (χ1v) is 6.65. The molecule has 0 bridgehead atoms. The molecular weight excluding hydrogens is 188 g/mol. The van der Waals surface area contributed by atoms with Crippen molar-refractivity contribution in [3.8, 4) is 0 Å². The molecule has 0 aliphatic heterocycles. The summed E-state index contributed by atoms with van der Waals surface area (Å²) in [5, 5.41) is 0. The minimum absolute atomic E-state index is 0.343. The van der Waals surface area contributed by atoms with Gasteiger partial charge in [0.05, 0.1) is 12.9 Å². The van der Waals surface area contributed by atoms with E-state index < -0.39 is 10.1 Å². The first-order valence-electron chi connectivity index (χ1n) is 4.84. The predicted octanol–water partition coefficient (Wildman–Crippen LogP) is 2.18. The van der Waals surface area contributed by atoms with Crippen LogP contribution in [0, 0.1) is 5.92 Å². The fourth-order valence-corrected chi connectivity index (χ4v) is 1.56. The second-order valence-electron chi connectivity index (χ2n) is 3.41. The lowest BCUT2D eigenvalue weighted by atomic mass is 10.0. The van der Waals surface area contributed by atoms with Gasteiger partial charge in [0.15, 0.2) is 0 Å². The monoisotopic (exact) mass is 208 g/mol. The molecule has 0 fully saturated rings. The van der Waals surface area contributed by atoms with Gasteiger partial charge in [-0.05, 0) is 12.3 Å². The molecule has 0 heterocycles. The second kappa shape index (κ2) is 6.38. The molecule has 1 unspecified atom stereocenters. The van der Waals surface area contributed by atoms with Crippen LogP contribution in [0.4, 0.5) is 0 Å². The third kappa shape index (κ3) is 8.25. The molecule has 0 aliphatic carbocycles. The highest BCUT2D eigenvalue weighted by Crippen LogP contribution is 2.13. The van der Waals surface area contributed by atoms with Gasteiger partial charge in [-0.2, -0.15) is 8.42 Å². The Morgan fingerprint density at radius 3 is 2.31 bits per heavy atom. The second-order valence-corrected chi connectivity index (χ2v) is 5.05. The molecule has 13 heavy (non-hydrogen) atoms. The molecule has 0 saturated carbocycles. The largest absolute Gasteiger partial charge is 0.270 e. The van der Waals surface area contributed by atoms with Crippen molar-refractivity contribution < 1.29 is 12.6 Å². The molecule has 3 nitrogen and oxygen atoms in total. The maximum atomic E-state index is 10.7. The van der Waals surface area contributed by atoms with Crippen molar-refractivity contribution in [1.29, 1.82) is 0 Å². The highest BCUT2D eigenvalue weighted by molar-refractivity contribution is 7.85. The van der Waals surface area contributed by atoms with Crippen molar-refractivity contribution in [1.82, 2.24) is 0 Å². The van der Waals surface area contributed by atoms with Gasteiger partial charge in [0, 0.05) is 0 Å². The maximum Gasteiger partial charge on any atom is 0.264 e. The lowest BCUT2D eigenvalue weighted by molar-refractivity contribution is 0.240. The molecule has 0 saturated heterocycles. The lowest BCUT2D eigenvalue weighted by Gasteiger charge is -2.12. The van der Waals surface area contributed by atoms with Crippen LogP contribution in [-0.2, 0) is 14.3 Å². The molecule has 80 valence electrons.